The molecule has 0 unspecified atom stereocenters. The smallest absolute Gasteiger partial charge is 0.201 e. The van der Waals surface area contributed by atoms with E-state index >= 15 is 0 Å². The number of amidine groups is 1. The first kappa shape index (κ1) is 20.8. The van der Waals surface area contributed by atoms with Gasteiger partial charge in [-0.1, -0.05) is 77.9 Å². The second-order valence-corrected chi connectivity index (χ2v) is 7.09. The van der Waals surface area contributed by atoms with E-state index < -0.39 is 11.4 Å². The number of para-hydroxylation sites is 1. The number of nitrogens with two attached hydrogens (primary N) is 1. The number of rotatable bonds is 6. The summed E-state index contributed by atoms with van der Waals surface area (Å²) >= 11 is 0. The summed E-state index contributed by atoms with van der Waals surface area (Å²) in [6.45, 7) is 3.98. The van der Waals surface area contributed by atoms with Crippen molar-refractivity contribution in [2.24, 2.45) is 10.8 Å². The van der Waals surface area contributed by atoms with Gasteiger partial charge in [0.25, 0.3) is 0 Å². The van der Waals surface area contributed by atoms with E-state index in [4.69, 9.17) is 16.4 Å². The van der Waals surface area contributed by atoms with Crippen LogP contribution in [0.4, 0.5) is 5.69 Å². The molecule has 6 heteroatoms. The van der Waals surface area contributed by atoms with Crippen LogP contribution < -0.4 is 11.2 Å². The number of nitrogens with one attached hydrogen (secondary N) is 2. The van der Waals surface area contributed by atoms with Crippen LogP contribution in [0.15, 0.2) is 77.9 Å². The molecule has 0 radical (unpaired) electrons. The topological polar surface area (TPSA) is 118 Å². The Balaban J connectivity index is 2.21. The third-order valence-corrected chi connectivity index (χ3v) is 4.90. The van der Waals surface area contributed by atoms with Crippen molar-refractivity contribution in [2.75, 3.05) is 5.43 Å². The van der Waals surface area contributed by atoms with Gasteiger partial charge in [-0.25, -0.2) is 0 Å². The van der Waals surface area contributed by atoms with E-state index in [0.29, 0.717) is 22.4 Å². The van der Waals surface area contributed by atoms with Gasteiger partial charge in [-0.05, 0) is 31.0 Å². The highest BCUT2D eigenvalue weighted by molar-refractivity contribution is 6.45. The maximum absolute atomic E-state index is 12.1. The molecule has 0 saturated heterocycles. The summed E-state index contributed by atoms with van der Waals surface area (Å²) in [4.78, 5) is 0. The molecule has 30 heavy (non-hydrogen) atoms. The van der Waals surface area contributed by atoms with Crippen molar-refractivity contribution in [1.82, 2.24) is 0 Å². The van der Waals surface area contributed by atoms with Crippen LogP contribution in [0.2, 0.25) is 0 Å². The minimum absolute atomic E-state index is 0.237. The molecular formula is C24H23N5O. The van der Waals surface area contributed by atoms with Gasteiger partial charge in [0.2, 0.25) is 5.71 Å². The lowest BCUT2D eigenvalue weighted by Crippen LogP contribution is -2.30. The number of nitriles is 1. The highest BCUT2D eigenvalue weighted by atomic mass is 16.3. The van der Waals surface area contributed by atoms with Crippen LogP contribution >= 0.6 is 0 Å². The van der Waals surface area contributed by atoms with Gasteiger partial charge in [0.05, 0.1) is 5.69 Å². The lowest BCUT2D eigenvalue weighted by atomic mass is 9.79. The molecule has 0 amide bonds. The Morgan fingerprint density at radius 2 is 1.47 bits per heavy atom. The third kappa shape index (κ3) is 4.07. The first-order valence-electron chi connectivity index (χ1n) is 9.40. The zero-order chi connectivity index (χ0) is 21.7. The zero-order valence-corrected chi connectivity index (χ0v) is 16.8. The number of aryl methyl sites for hydroxylation is 2. The molecule has 150 valence electrons. The van der Waals surface area contributed by atoms with Crippen molar-refractivity contribution in [3.63, 3.8) is 0 Å². The van der Waals surface area contributed by atoms with Gasteiger partial charge in [0.15, 0.2) is 5.84 Å². The minimum Gasteiger partial charge on any atom is -0.382 e. The fourth-order valence-electron chi connectivity index (χ4n) is 3.22. The van der Waals surface area contributed by atoms with Gasteiger partial charge in [-0.2, -0.15) is 10.4 Å². The van der Waals surface area contributed by atoms with E-state index in [1.807, 2.05) is 68.4 Å². The van der Waals surface area contributed by atoms with Crippen LogP contribution in [-0.4, -0.2) is 16.7 Å². The first-order chi connectivity index (χ1) is 14.4. The van der Waals surface area contributed by atoms with Gasteiger partial charge < -0.3 is 10.8 Å². The lowest BCUT2D eigenvalue weighted by molar-refractivity contribution is 0.126. The van der Waals surface area contributed by atoms with Crippen LogP contribution in [0.3, 0.4) is 0 Å². The number of hydrazone groups is 1. The van der Waals surface area contributed by atoms with E-state index in [9.17, 15) is 5.11 Å². The van der Waals surface area contributed by atoms with Crippen LogP contribution in [0.25, 0.3) is 0 Å². The summed E-state index contributed by atoms with van der Waals surface area (Å²) in [5.74, 6) is -0.435. The molecule has 3 aromatic carbocycles. The summed E-state index contributed by atoms with van der Waals surface area (Å²) in [6, 6.07) is 24.3. The number of nitrogens with zero attached hydrogens (tertiary/aromatic N) is 2. The molecule has 0 aliphatic heterocycles. The number of anilines is 1. The average Bonchev–Trinajstić information content (AvgIpc) is 2.74. The Bertz CT molecular complexity index is 1080. The van der Waals surface area contributed by atoms with Crippen molar-refractivity contribution in [2.45, 2.75) is 19.4 Å². The lowest BCUT2D eigenvalue weighted by Gasteiger charge is -2.32. The Kier molecular flexibility index (Phi) is 5.95. The third-order valence-electron chi connectivity index (χ3n) is 4.90. The SMILES string of the molecule is Cc1ccc(C(O)(c2ccc(C)cc2)c2ccccc2N/N=C(\C#N)C(=N)N)cc1. The predicted molar refractivity (Wildman–Crippen MR) is 119 cm³/mol. The largest absolute Gasteiger partial charge is 0.382 e. The van der Waals surface area contributed by atoms with Crippen molar-refractivity contribution >= 4 is 17.2 Å². The molecule has 0 spiro atoms. The molecular weight excluding hydrogens is 374 g/mol. The van der Waals surface area contributed by atoms with Crippen molar-refractivity contribution in [3.05, 3.63) is 101 Å². The van der Waals surface area contributed by atoms with E-state index in [2.05, 4.69) is 10.5 Å². The summed E-state index contributed by atoms with van der Waals surface area (Å²) in [7, 11) is 0. The number of aliphatic hydroxyl groups is 1. The standard InChI is InChI=1S/C24H23N5O/c1-16-7-11-18(12-8-16)24(30,19-13-9-17(2)10-14-19)20-5-3-4-6-21(20)28-29-22(15-25)23(26)27/h3-14,28,30H,1-2H3,(H3,26,27)/b29-22+. The monoisotopic (exact) mass is 397 g/mol. The summed E-state index contributed by atoms with van der Waals surface area (Å²) in [5.41, 5.74) is 11.1. The average molecular weight is 397 g/mol. The molecule has 0 bridgehead atoms. The molecule has 0 aliphatic carbocycles. The van der Waals surface area contributed by atoms with Crippen LogP contribution in [0.5, 0.6) is 0 Å². The molecule has 0 heterocycles. The number of hydrogen-bond acceptors (Lipinski definition) is 5. The van der Waals surface area contributed by atoms with E-state index in [0.717, 1.165) is 11.1 Å². The Morgan fingerprint density at radius 3 is 1.93 bits per heavy atom. The molecule has 0 aromatic heterocycles. The van der Waals surface area contributed by atoms with Crippen molar-refractivity contribution in [1.29, 1.82) is 10.7 Å². The fourth-order valence-corrected chi connectivity index (χ4v) is 3.22. The van der Waals surface area contributed by atoms with E-state index in [-0.39, 0.29) is 5.71 Å². The fraction of sp³-hybridized carbons (Fsp3) is 0.125. The normalized spacial score (nSPS) is 11.6. The van der Waals surface area contributed by atoms with E-state index in [1.165, 1.54) is 0 Å². The second kappa shape index (κ2) is 8.60. The predicted octanol–water partition coefficient (Wildman–Crippen LogP) is 3.82. The zero-order valence-electron chi connectivity index (χ0n) is 16.8. The summed E-state index contributed by atoms with van der Waals surface area (Å²) in [6.07, 6.45) is 0. The molecule has 5 N–H and O–H groups in total. The van der Waals surface area contributed by atoms with Gasteiger partial charge in [0.1, 0.15) is 11.7 Å². The first-order valence-corrected chi connectivity index (χ1v) is 9.40. The second-order valence-electron chi connectivity index (χ2n) is 7.09. The summed E-state index contributed by atoms with van der Waals surface area (Å²) in [5, 5.41) is 32.6. The van der Waals surface area contributed by atoms with Gasteiger partial charge in [0, 0.05) is 5.56 Å². The maximum atomic E-state index is 12.1. The van der Waals surface area contributed by atoms with Gasteiger partial charge in [-0.15, -0.1) is 0 Å². The molecule has 3 aromatic rings. The number of benzene rings is 3. The van der Waals surface area contributed by atoms with Crippen molar-refractivity contribution in [3.8, 4) is 6.07 Å². The molecule has 3 rings (SSSR count). The van der Waals surface area contributed by atoms with Gasteiger partial charge >= 0.3 is 0 Å². The summed E-state index contributed by atoms with van der Waals surface area (Å²) < 4.78 is 0. The molecule has 0 atom stereocenters. The highest BCUT2D eigenvalue weighted by Gasteiger charge is 2.35. The quantitative estimate of drug-likeness (QED) is 0.219. The minimum atomic E-state index is -1.47. The number of hydrogen-bond donors (Lipinski definition) is 4. The highest BCUT2D eigenvalue weighted by Crippen LogP contribution is 2.40. The van der Waals surface area contributed by atoms with Crippen LogP contribution in [0.1, 0.15) is 27.8 Å². The molecule has 0 fully saturated rings. The van der Waals surface area contributed by atoms with Crippen molar-refractivity contribution < 1.29 is 5.11 Å². The Morgan fingerprint density at radius 1 is 0.967 bits per heavy atom. The van der Waals surface area contributed by atoms with E-state index in [1.54, 1.807) is 24.3 Å². The van der Waals surface area contributed by atoms with Crippen LogP contribution in [-0.2, 0) is 5.60 Å². The Hall–Kier alpha value is -3.95. The molecule has 0 saturated carbocycles. The molecule has 6 nitrogen and oxygen atoms in total. The molecule has 0 aliphatic rings. The Labute approximate surface area is 175 Å². The van der Waals surface area contributed by atoms with Crippen LogP contribution in [0, 0.1) is 30.6 Å². The van der Waals surface area contributed by atoms with Gasteiger partial charge in [-0.3, -0.25) is 10.8 Å². The maximum Gasteiger partial charge on any atom is 0.201 e.